The Labute approximate surface area is 134 Å². The van der Waals surface area contributed by atoms with Crippen LogP contribution in [0.4, 0.5) is 0 Å². The number of hydrogen-bond acceptors (Lipinski definition) is 2. The molecule has 1 aliphatic rings. The van der Waals surface area contributed by atoms with Crippen molar-refractivity contribution in [2.24, 2.45) is 17.8 Å². The lowest BCUT2D eigenvalue weighted by Crippen LogP contribution is -2.57. The lowest BCUT2D eigenvalue weighted by Gasteiger charge is -2.49. The Kier molecular flexibility index (Phi) is 6.95. The van der Waals surface area contributed by atoms with Crippen molar-refractivity contribution in [3.8, 4) is 0 Å². The Bertz CT molecular complexity index is 312. The van der Waals surface area contributed by atoms with Crippen molar-refractivity contribution >= 4 is 8.56 Å². The molecule has 0 bridgehead atoms. The molecule has 1 fully saturated rings. The van der Waals surface area contributed by atoms with Crippen LogP contribution in [-0.2, 0) is 8.85 Å². The highest BCUT2D eigenvalue weighted by Crippen LogP contribution is 2.59. The second-order valence-electron chi connectivity index (χ2n) is 7.53. The molecule has 1 rings (SSSR count). The quantitative estimate of drug-likeness (QED) is 0.530. The van der Waals surface area contributed by atoms with Crippen molar-refractivity contribution in [1.82, 2.24) is 0 Å². The van der Waals surface area contributed by atoms with E-state index in [1.54, 1.807) is 0 Å². The fraction of sp³-hybridized carbons (Fsp3) is 1.00. The van der Waals surface area contributed by atoms with Gasteiger partial charge < -0.3 is 8.85 Å². The summed E-state index contributed by atoms with van der Waals surface area (Å²) in [6.07, 6.45) is 6.41. The molecule has 21 heavy (non-hydrogen) atoms. The smallest absolute Gasteiger partial charge is 0.347 e. The van der Waals surface area contributed by atoms with Crippen LogP contribution in [0.2, 0.25) is 10.6 Å². The summed E-state index contributed by atoms with van der Waals surface area (Å²) < 4.78 is 12.6. The Morgan fingerprint density at radius 1 is 1.05 bits per heavy atom. The molecule has 0 aromatic carbocycles. The van der Waals surface area contributed by atoms with E-state index >= 15 is 0 Å². The number of rotatable bonds is 8. The van der Waals surface area contributed by atoms with Crippen molar-refractivity contribution < 1.29 is 8.85 Å². The molecule has 0 amide bonds. The summed E-state index contributed by atoms with van der Waals surface area (Å²) in [7, 11) is 1.55. The highest BCUT2D eigenvalue weighted by molar-refractivity contribution is 6.72. The van der Waals surface area contributed by atoms with Gasteiger partial charge >= 0.3 is 8.56 Å². The van der Waals surface area contributed by atoms with E-state index in [1.165, 1.54) is 32.1 Å². The lowest BCUT2D eigenvalue weighted by atomic mass is 9.91. The molecule has 0 spiro atoms. The minimum absolute atomic E-state index is 0.145. The van der Waals surface area contributed by atoms with Crippen molar-refractivity contribution in [1.29, 1.82) is 0 Å². The molecule has 4 unspecified atom stereocenters. The van der Waals surface area contributed by atoms with Crippen LogP contribution >= 0.6 is 0 Å². The van der Waals surface area contributed by atoms with E-state index in [4.69, 9.17) is 8.85 Å². The van der Waals surface area contributed by atoms with Crippen LogP contribution in [0.5, 0.6) is 0 Å². The fourth-order valence-corrected chi connectivity index (χ4v) is 10.3. The third kappa shape index (κ3) is 3.11. The van der Waals surface area contributed by atoms with Gasteiger partial charge in [-0.3, -0.25) is 0 Å². The van der Waals surface area contributed by atoms with Gasteiger partial charge in [0.25, 0.3) is 0 Å². The van der Waals surface area contributed by atoms with Gasteiger partial charge in [-0.05, 0) is 24.2 Å². The molecular formula is C18H38O2Si. The third-order valence-electron chi connectivity index (χ3n) is 6.80. The average Bonchev–Trinajstić information content (AvgIpc) is 2.91. The summed E-state index contributed by atoms with van der Waals surface area (Å²) in [5.74, 6) is 2.28. The van der Waals surface area contributed by atoms with Crippen molar-refractivity contribution in [2.45, 2.75) is 84.2 Å². The van der Waals surface area contributed by atoms with Gasteiger partial charge in [0.2, 0.25) is 0 Å². The van der Waals surface area contributed by atoms with E-state index in [-0.39, 0.29) is 5.04 Å². The summed E-state index contributed by atoms with van der Waals surface area (Å²) >= 11 is 0. The maximum Gasteiger partial charge on any atom is 0.347 e. The minimum atomic E-state index is -2.26. The van der Waals surface area contributed by atoms with Crippen molar-refractivity contribution in [2.75, 3.05) is 14.2 Å². The van der Waals surface area contributed by atoms with Crippen molar-refractivity contribution in [3.05, 3.63) is 0 Å². The highest BCUT2D eigenvalue weighted by atomic mass is 28.4. The Balaban J connectivity index is 3.22. The van der Waals surface area contributed by atoms with Gasteiger partial charge in [0.1, 0.15) is 0 Å². The molecule has 3 heteroatoms. The largest absolute Gasteiger partial charge is 0.397 e. The molecule has 0 heterocycles. The van der Waals surface area contributed by atoms with Gasteiger partial charge in [-0.15, -0.1) is 0 Å². The summed E-state index contributed by atoms with van der Waals surface area (Å²) in [5, 5.41) is 0.145. The highest BCUT2D eigenvalue weighted by Gasteiger charge is 2.61. The molecule has 126 valence electrons. The lowest BCUT2D eigenvalue weighted by molar-refractivity contribution is 0.162. The minimum Gasteiger partial charge on any atom is -0.397 e. The zero-order valence-corrected chi connectivity index (χ0v) is 16.7. The van der Waals surface area contributed by atoms with Crippen molar-refractivity contribution in [3.63, 3.8) is 0 Å². The standard InChI is InChI=1S/C18H38O2Si/c1-9-14(4)18(5,6)21(19-7,20-8)17-13-12-15(10-2)16(17)11-3/h14-17H,9-13H2,1-8H3. The first kappa shape index (κ1) is 19.2. The first-order valence-electron chi connectivity index (χ1n) is 8.96. The molecule has 0 aromatic heterocycles. The predicted molar refractivity (Wildman–Crippen MR) is 93.8 cm³/mol. The topological polar surface area (TPSA) is 18.5 Å². The average molecular weight is 315 g/mol. The maximum absolute atomic E-state index is 6.30. The van der Waals surface area contributed by atoms with Crippen LogP contribution in [-0.4, -0.2) is 22.8 Å². The van der Waals surface area contributed by atoms with Crippen LogP contribution in [0, 0.1) is 17.8 Å². The van der Waals surface area contributed by atoms with Crippen LogP contribution in [0.3, 0.4) is 0 Å². The SMILES string of the molecule is CCC1CCC([Si](OC)(OC)C(C)(C)C(C)CC)C1CC. The van der Waals surface area contributed by atoms with E-state index in [2.05, 4.69) is 41.5 Å². The van der Waals surface area contributed by atoms with Gasteiger partial charge in [0.05, 0.1) is 0 Å². The fourth-order valence-electron chi connectivity index (χ4n) is 4.99. The van der Waals surface area contributed by atoms with Gasteiger partial charge in [-0.1, -0.05) is 67.2 Å². The molecular weight excluding hydrogens is 276 g/mol. The maximum atomic E-state index is 6.30. The van der Waals surface area contributed by atoms with E-state index in [1.807, 2.05) is 14.2 Å². The molecule has 2 nitrogen and oxygen atoms in total. The van der Waals surface area contributed by atoms with Gasteiger partial charge in [-0.2, -0.15) is 0 Å². The normalized spacial score (nSPS) is 28.9. The Morgan fingerprint density at radius 3 is 2.00 bits per heavy atom. The molecule has 4 atom stereocenters. The van der Waals surface area contributed by atoms with Gasteiger partial charge in [0, 0.05) is 24.8 Å². The Hall–Kier alpha value is 0.137. The molecule has 0 aliphatic heterocycles. The molecule has 0 aromatic rings. The summed E-state index contributed by atoms with van der Waals surface area (Å²) in [6, 6.07) is 0. The second-order valence-corrected chi connectivity index (χ2v) is 11.7. The first-order valence-corrected chi connectivity index (χ1v) is 10.9. The molecule has 1 saturated carbocycles. The zero-order valence-electron chi connectivity index (χ0n) is 15.7. The van der Waals surface area contributed by atoms with Crippen LogP contribution in [0.25, 0.3) is 0 Å². The van der Waals surface area contributed by atoms with E-state index < -0.39 is 8.56 Å². The van der Waals surface area contributed by atoms with Crippen LogP contribution in [0.15, 0.2) is 0 Å². The second kappa shape index (κ2) is 7.61. The summed E-state index contributed by atoms with van der Waals surface area (Å²) in [6.45, 7) is 14.1. The zero-order chi connectivity index (χ0) is 16.3. The summed E-state index contributed by atoms with van der Waals surface area (Å²) in [5.41, 5.74) is 0.645. The molecule has 1 aliphatic carbocycles. The van der Waals surface area contributed by atoms with E-state index in [0.29, 0.717) is 11.5 Å². The van der Waals surface area contributed by atoms with E-state index in [9.17, 15) is 0 Å². The molecule has 0 radical (unpaired) electrons. The predicted octanol–water partition coefficient (Wildman–Crippen LogP) is 5.76. The molecule has 0 N–H and O–H groups in total. The Morgan fingerprint density at radius 2 is 1.62 bits per heavy atom. The van der Waals surface area contributed by atoms with Gasteiger partial charge in [0.15, 0.2) is 0 Å². The summed E-state index contributed by atoms with van der Waals surface area (Å²) in [4.78, 5) is 0. The number of hydrogen-bond donors (Lipinski definition) is 0. The van der Waals surface area contributed by atoms with Gasteiger partial charge in [-0.25, -0.2) is 0 Å². The first-order chi connectivity index (χ1) is 9.86. The van der Waals surface area contributed by atoms with E-state index in [0.717, 1.165) is 11.8 Å². The third-order valence-corrected chi connectivity index (χ3v) is 12.0. The van der Waals surface area contributed by atoms with Crippen LogP contribution < -0.4 is 0 Å². The molecule has 0 saturated heterocycles. The monoisotopic (exact) mass is 314 g/mol. The van der Waals surface area contributed by atoms with Crippen LogP contribution in [0.1, 0.15) is 73.6 Å².